The van der Waals surface area contributed by atoms with E-state index in [2.05, 4.69) is 4.36 Å². The third-order valence-electron chi connectivity index (χ3n) is 2.65. The lowest BCUT2D eigenvalue weighted by Crippen LogP contribution is -2.01. The molecule has 0 aliphatic carbocycles. The second kappa shape index (κ2) is 4.60. The second-order valence-electron chi connectivity index (χ2n) is 3.99. The Morgan fingerprint density at radius 3 is 2.17 bits per heavy atom. The van der Waals surface area contributed by atoms with E-state index in [4.69, 9.17) is 0 Å². The van der Waals surface area contributed by atoms with Crippen LogP contribution < -0.4 is 0 Å². The quantitative estimate of drug-likeness (QED) is 0.615. The molecule has 0 N–H and O–H groups in total. The molecule has 1 saturated heterocycles. The van der Waals surface area contributed by atoms with Crippen LogP contribution in [0.15, 0.2) is 16.5 Å². The van der Waals surface area contributed by atoms with E-state index in [1.807, 2.05) is 0 Å². The van der Waals surface area contributed by atoms with Gasteiger partial charge in [-0.3, -0.25) is 10.1 Å². The van der Waals surface area contributed by atoms with E-state index >= 15 is 0 Å². The number of nitro groups is 1. The van der Waals surface area contributed by atoms with E-state index in [1.165, 1.54) is 0 Å². The smallest absolute Gasteiger partial charge is 0.258 e. The first-order valence-electron chi connectivity index (χ1n) is 5.27. The van der Waals surface area contributed by atoms with Crippen LogP contribution in [-0.2, 0) is 9.73 Å². The van der Waals surface area contributed by atoms with E-state index in [0.717, 1.165) is 0 Å². The SMILES string of the molecule is O=[N+]([O-])c1cc(F)c(N=S2(=O)CCCC2)c(F)c1. The molecule has 1 aromatic carbocycles. The average molecular weight is 276 g/mol. The maximum atomic E-state index is 13.5. The van der Waals surface area contributed by atoms with Gasteiger partial charge in [-0.25, -0.2) is 13.0 Å². The molecule has 0 aromatic heterocycles. The Morgan fingerprint density at radius 1 is 1.22 bits per heavy atom. The normalized spacial score (nSPS) is 17.7. The maximum absolute atomic E-state index is 13.5. The Hall–Kier alpha value is -1.57. The average Bonchev–Trinajstić information content (AvgIpc) is 2.70. The molecule has 98 valence electrons. The minimum Gasteiger partial charge on any atom is -0.258 e. The van der Waals surface area contributed by atoms with Crippen LogP contribution >= 0.6 is 0 Å². The van der Waals surface area contributed by atoms with Crippen LogP contribution in [0.4, 0.5) is 20.2 Å². The number of hydrogen-bond donors (Lipinski definition) is 0. The van der Waals surface area contributed by atoms with Crippen LogP contribution in [0.2, 0.25) is 0 Å². The van der Waals surface area contributed by atoms with Gasteiger partial charge in [0.05, 0.1) is 26.8 Å². The zero-order valence-corrected chi connectivity index (χ0v) is 10.1. The van der Waals surface area contributed by atoms with Crippen molar-refractivity contribution in [1.82, 2.24) is 0 Å². The largest absolute Gasteiger partial charge is 0.275 e. The summed E-state index contributed by atoms with van der Waals surface area (Å²) >= 11 is 0. The molecule has 1 aliphatic heterocycles. The number of non-ortho nitro benzene ring substituents is 1. The summed E-state index contributed by atoms with van der Waals surface area (Å²) < 4.78 is 42.8. The van der Waals surface area contributed by atoms with Crippen molar-refractivity contribution in [1.29, 1.82) is 0 Å². The van der Waals surface area contributed by atoms with Crippen molar-refractivity contribution in [2.24, 2.45) is 4.36 Å². The number of benzene rings is 1. The zero-order chi connectivity index (χ0) is 13.3. The molecule has 2 rings (SSSR count). The van der Waals surface area contributed by atoms with Crippen molar-refractivity contribution >= 4 is 21.1 Å². The van der Waals surface area contributed by atoms with Crippen LogP contribution in [0, 0.1) is 21.7 Å². The molecule has 0 saturated carbocycles. The molecule has 18 heavy (non-hydrogen) atoms. The molecule has 8 heteroatoms. The van der Waals surface area contributed by atoms with Gasteiger partial charge >= 0.3 is 0 Å². The van der Waals surface area contributed by atoms with Gasteiger partial charge < -0.3 is 0 Å². The summed E-state index contributed by atoms with van der Waals surface area (Å²) in [6.45, 7) is 0. The molecule has 0 spiro atoms. The third kappa shape index (κ3) is 2.47. The van der Waals surface area contributed by atoms with Crippen molar-refractivity contribution in [2.45, 2.75) is 12.8 Å². The predicted molar refractivity (Wildman–Crippen MR) is 62.2 cm³/mol. The number of hydrogen-bond acceptors (Lipinski definition) is 4. The van der Waals surface area contributed by atoms with Crippen molar-refractivity contribution in [2.75, 3.05) is 11.5 Å². The van der Waals surface area contributed by atoms with Crippen LogP contribution in [0.3, 0.4) is 0 Å². The minimum atomic E-state index is -2.61. The Balaban J connectivity index is 2.53. The van der Waals surface area contributed by atoms with Gasteiger partial charge in [-0.2, -0.15) is 4.36 Å². The highest BCUT2D eigenvalue weighted by Crippen LogP contribution is 2.30. The fourth-order valence-electron chi connectivity index (χ4n) is 1.76. The van der Waals surface area contributed by atoms with E-state index in [0.29, 0.717) is 36.5 Å². The highest BCUT2D eigenvalue weighted by Gasteiger charge is 2.21. The Labute approximate surface area is 102 Å². The standard InChI is InChI=1S/C10H10F2N2O3S/c11-8-5-7(14(15)16)6-9(12)10(8)13-18(17)3-1-2-4-18/h5-6H,1-4H2. The first-order chi connectivity index (χ1) is 8.41. The monoisotopic (exact) mass is 276 g/mol. The van der Waals surface area contributed by atoms with E-state index in [1.54, 1.807) is 0 Å². The van der Waals surface area contributed by atoms with Gasteiger partial charge in [-0.1, -0.05) is 0 Å². The fraction of sp³-hybridized carbons (Fsp3) is 0.400. The van der Waals surface area contributed by atoms with E-state index in [9.17, 15) is 23.1 Å². The lowest BCUT2D eigenvalue weighted by Gasteiger charge is -2.03. The Bertz CT molecular complexity index is 589. The number of halogens is 2. The van der Waals surface area contributed by atoms with E-state index < -0.39 is 37.7 Å². The van der Waals surface area contributed by atoms with Crippen molar-refractivity contribution in [3.8, 4) is 0 Å². The lowest BCUT2D eigenvalue weighted by molar-refractivity contribution is -0.385. The molecule has 1 fully saturated rings. The first kappa shape index (κ1) is 12.9. The highest BCUT2D eigenvalue weighted by molar-refractivity contribution is 7.93. The molecule has 0 unspecified atom stereocenters. The highest BCUT2D eigenvalue weighted by atomic mass is 32.2. The number of nitro benzene ring substituents is 1. The van der Waals surface area contributed by atoms with Gasteiger partial charge in [-0.15, -0.1) is 0 Å². The molecule has 5 nitrogen and oxygen atoms in total. The van der Waals surface area contributed by atoms with Gasteiger partial charge in [0, 0.05) is 11.5 Å². The summed E-state index contributed by atoms with van der Waals surface area (Å²) in [6, 6.07) is 1.17. The summed E-state index contributed by atoms with van der Waals surface area (Å²) in [5, 5.41) is 10.4. The second-order valence-corrected chi connectivity index (χ2v) is 6.54. The summed E-state index contributed by atoms with van der Waals surface area (Å²) in [5.74, 6) is -1.70. The molecule has 0 radical (unpaired) electrons. The van der Waals surface area contributed by atoms with Gasteiger partial charge in [-0.05, 0) is 12.8 Å². The summed E-state index contributed by atoms with van der Waals surface area (Å²) in [6.07, 6.45) is 1.41. The van der Waals surface area contributed by atoms with Crippen LogP contribution in [0.1, 0.15) is 12.8 Å². The Kier molecular flexibility index (Phi) is 3.29. The van der Waals surface area contributed by atoms with Gasteiger partial charge in [0.1, 0.15) is 5.69 Å². The van der Waals surface area contributed by atoms with Crippen molar-refractivity contribution < 1.29 is 17.9 Å². The number of rotatable bonds is 2. The predicted octanol–water partition coefficient (Wildman–Crippen LogP) is 2.77. The molecule has 0 bridgehead atoms. The molecule has 1 aromatic rings. The van der Waals surface area contributed by atoms with E-state index in [-0.39, 0.29) is 0 Å². The van der Waals surface area contributed by atoms with Crippen LogP contribution in [0.25, 0.3) is 0 Å². The van der Waals surface area contributed by atoms with Crippen LogP contribution in [0.5, 0.6) is 0 Å². The van der Waals surface area contributed by atoms with Gasteiger partial charge in [0.25, 0.3) is 5.69 Å². The number of nitrogens with zero attached hydrogens (tertiary/aromatic N) is 2. The molecule has 0 amide bonds. The molecular weight excluding hydrogens is 266 g/mol. The molecule has 1 heterocycles. The van der Waals surface area contributed by atoms with Crippen molar-refractivity contribution in [3.63, 3.8) is 0 Å². The summed E-state index contributed by atoms with van der Waals surface area (Å²) in [5.41, 5.74) is -1.36. The zero-order valence-electron chi connectivity index (χ0n) is 9.27. The van der Waals surface area contributed by atoms with Crippen molar-refractivity contribution in [3.05, 3.63) is 33.9 Å². The summed E-state index contributed by atoms with van der Waals surface area (Å²) in [4.78, 5) is 9.51. The third-order valence-corrected chi connectivity index (χ3v) is 5.02. The summed E-state index contributed by atoms with van der Waals surface area (Å²) in [7, 11) is -2.61. The first-order valence-corrected chi connectivity index (χ1v) is 7.12. The topological polar surface area (TPSA) is 72.6 Å². The maximum Gasteiger partial charge on any atom is 0.275 e. The van der Waals surface area contributed by atoms with Gasteiger partial charge in [0.2, 0.25) is 0 Å². The molecule has 1 aliphatic rings. The molecule has 0 atom stereocenters. The molecular formula is C10H10F2N2O3S. The van der Waals surface area contributed by atoms with Crippen LogP contribution in [-0.4, -0.2) is 20.6 Å². The van der Waals surface area contributed by atoms with Gasteiger partial charge in [0.15, 0.2) is 11.6 Å². The Morgan fingerprint density at radius 2 is 1.72 bits per heavy atom. The lowest BCUT2D eigenvalue weighted by atomic mass is 10.2. The minimum absolute atomic E-state index is 0.308. The fourth-order valence-corrected chi connectivity index (χ4v) is 3.96.